The van der Waals surface area contributed by atoms with Gasteiger partial charge in [0.15, 0.2) is 11.0 Å². The molecule has 0 amide bonds. The van der Waals surface area contributed by atoms with Crippen LogP contribution >= 0.6 is 11.8 Å². The van der Waals surface area contributed by atoms with E-state index in [1.165, 1.54) is 5.69 Å². The molecule has 7 heteroatoms. The van der Waals surface area contributed by atoms with Crippen molar-refractivity contribution in [3.63, 3.8) is 0 Å². The van der Waals surface area contributed by atoms with Crippen LogP contribution in [0.25, 0.3) is 11.4 Å². The first-order chi connectivity index (χ1) is 12.5. The van der Waals surface area contributed by atoms with E-state index in [0.717, 1.165) is 47.0 Å². The molecule has 1 aromatic carbocycles. The molecule has 0 atom stereocenters. The summed E-state index contributed by atoms with van der Waals surface area (Å²) in [6, 6.07) is 8.49. The highest BCUT2D eigenvalue weighted by molar-refractivity contribution is 7.98. The van der Waals surface area contributed by atoms with Gasteiger partial charge in [0.2, 0.25) is 5.89 Å². The summed E-state index contributed by atoms with van der Waals surface area (Å²) in [6.45, 7) is 10.2. The van der Waals surface area contributed by atoms with Gasteiger partial charge in [-0.15, -0.1) is 10.2 Å². The van der Waals surface area contributed by atoms with Crippen LogP contribution in [0.2, 0.25) is 0 Å². The van der Waals surface area contributed by atoms with Gasteiger partial charge in [-0.2, -0.15) is 0 Å². The van der Waals surface area contributed by atoms with E-state index >= 15 is 0 Å². The topological polar surface area (TPSA) is 60.0 Å². The normalized spacial score (nSPS) is 11.1. The minimum atomic E-state index is 0.640. The number of anilines is 1. The molecule has 0 aliphatic rings. The lowest BCUT2D eigenvalue weighted by Gasteiger charge is -2.21. The van der Waals surface area contributed by atoms with Crippen LogP contribution in [0.4, 0.5) is 5.69 Å². The fraction of sp³-hybridized carbons (Fsp3) is 0.421. The zero-order valence-electron chi connectivity index (χ0n) is 16.0. The van der Waals surface area contributed by atoms with Gasteiger partial charge in [0, 0.05) is 31.4 Å². The van der Waals surface area contributed by atoms with Crippen LogP contribution in [0, 0.1) is 13.8 Å². The molecular weight excluding hydrogens is 346 g/mol. The molecule has 0 saturated carbocycles. The summed E-state index contributed by atoms with van der Waals surface area (Å²) >= 11 is 1.58. The van der Waals surface area contributed by atoms with Gasteiger partial charge in [0.1, 0.15) is 5.76 Å². The van der Waals surface area contributed by atoms with E-state index in [2.05, 4.69) is 58.2 Å². The highest BCUT2D eigenvalue weighted by atomic mass is 32.2. The number of rotatable bonds is 7. The molecule has 0 aliphatic carbocycles. The van der Waals surface area contributed by atoms with Gasteiger partial charge in [-0.25, -0.2) is 4.98 Å². The minimum Gasteiger partial charge on any atom is -0.445 e. The number of oxazole rings is 1. The summed E-state index contributed by atoms with van der Waals surface area (Å²) in [4.78, 5) is 6.73. The first kappa shape index (κ1) is 18.5. The third-order valence-electron chi connectivity index (χ3n) is 4.49. The van der Waals surface area contributed by atoms with Crippen molar-refractivity contribution in [1.82, 2.24) is 19.7 Å². The van der Waals surface area contributed by atoms with E-state index in [1.54, 1.807) is 11.8 Å². The average Bonchev–Trinajstić information content (AvgIpc) is 3.17. The highest BCUT2D eigenvalue weighted by Crippen LogP contribution is 2.27. The predicted octanol–water partition coefficient (Wildman–Crippen LogP) is 4.23. The Morgan fingerprint density at radius 1 is 1.08 bits per heavy atom. The van der Waals surface area contributed by atoms with Crippen LogP contribution in [0.15, 0.2) is 33.8 Å². The molecule has 26 heavy (non-hydrogen) atoms. The highest BCUT2D eigenvalue weighted by Gasteiger charge is 2.14. The quantitative estimate of drug-likeness (QED) is 0.579. The van der Waals surface area contributed by atoms with E-state index in [4.69, 9.17) is 4.42 Å². The van der Waals surface area contributed by atoms with E-state index in [1.807, 2.05) is 25.5 Å². The maximum absolute atomic E-state index is 5.63. The molecule has 138 valence electrons. The van der Waals surface area contributed by atoms with Crippen molar-refractivity contribution in [2.75, 3.05) is 18.0 Å². The standard InChI is InChI=1S/C19H25N5OS/c1-6-24(7-2)16-10-8-15(9-11-16)18-21-22-19(23(18)5)26-12-17-20-13(3)14(4)25-17/h8-11H,6-7,12H2,1-5H3. The number of aryl methyl sites for hydroxylation is 2. The number of hydrogen-bond acceptors (Lipinski definition) is 6. The van der Waals surface area contributed by atoms with Crippen LogP contribution in [-0.2, 0) is 12.8 Å². The monoisotopic (exact) mass is 371 g/mol. The summed E-state index contributed by atoms with van der Waals surface area (Å²) in [7, 11) is 1.99. The van der Waals surface area contributed by atoms with Crippen molar-refractivity contribution in [2.24, 2.45) is 7.05 Å². The Hall–Kier alpha value is -2.28. The Morgan fingerprint density at radius 2 is 1.77 bits per heavy atom. The Kier molecular flexibility index (Phi) is 5.66. The van der Waals surface area contributed by atoms with Crippen LogP contribution in [0.1, 0.15) is 31.2 Å². The molecule has 2 heterocycles. The smallest absolute Gasteiger partial charge is 0.205 e. The van der Waals surface area contributed by atoms with Crippen molar-refractivity contribution >= 4 is 17.4 Å². The summed E-state index contributed by atoms with van der Waals surface area (Å²) in [5.41, 5.74) is 3.23. The molecule has 0 aliphatic heterocycles. The van der Waals surface area contributed by atoms with Crippen LogP contribution in [0.3, 0.4) is 0 Å². The van der Waals surface area contributed by atoms with E-state index in [0.29, 0.717) is 5.75 Å². The Morgan fingerprint density at radius 3 is 2.35 bits per heavy atom. The van der Waals surface area contributed by atoms with Gasteiger partial charge in [0.25, 0.3) is 0 Å². The van der Waals surface area contributed by atoms with Gasteiger partial charge in [-0.1, -0.05) is 11.8 Å². The number of hydrogen-bond donors (Lipinski definition) is 0. The third-order valence-corrected chi connectivity index (χ3v) is 5.49. The number of thioether (sulfide) groups is 1. The zero-order chi connectivity index (χ0) is 18.7. The molecule has 0 unspecified atom stereocenters. The summed E-state index contributed by atoms with van der Waals surface area (Å²) in [5, 5.41) is 9.53. The van der Waals surface area contributed by atoms with Crippen LogP contribution < -0.4 is 4.90 Å². The first-order valence-corrected chi connectivity index (χ1v) is 9.82. The number of nitrogens with zero attached hydrogens (tertiary/aromatic N) is 5. The molecule has 3 aromatic rings. The van der Waals surface area contributed by atoms with Crippen molar-refractivity contribution in [2.45, 2.75) is 38.6 Å². The van der Waals surface area contributed by atoms with Crippen molar-refractivity contribution in [1.29, 1.82) is 0 Å². The predicted molar refractivity (Wildman–Crippen MR) is 106 cm³/mol. The fourth-order valence-corrected chi connectivity index (χ4v) is 3.58. The average molecular weight is 372 g/mol. The van der Waals surface area contributed by atoms with Crippen LogP contribution in [-0.4, -0.2) is 32.8 Å². The third kappa shape index (κ3) is 3.77. The summed E-state index contributed by atoms with van der Waals surface area (Å²) in [5.74, 6) is 3.09. The van der Waals surface area contributed by atoms with Crippen molar-refractivity contribution < 1.29 is 4.42 Å². The lowest BCUT2D eigenvalue weighted by Crippen LogP contribution is -2.21. The molecule has 0 radical (unpaired) electrons. The Balaban J connectivity index is 1.74. The second-order valence-electron chi connectivity index (χ2n) is 6.12. The van der Waals surface area contributed by atoms with Gasteiger partial charge in [-0.05, 0) is 52.0 Å². The van der Waals surface area contributed by atoms with E-state index in [-0.39, 0.29) is 0 Å². The molecule has 0 N–H and O–H groups in total. The largest absolute Gasteiger partial charge is 0.445 e. The van der Waals surface area contributed by atoms with Gasteiger partial charge in [-0.3, -0.25) is 0 Å². The zero-order valence-corrected chi connectivity index (χ0v) is 16.8. The lowest BCUT2D eigenvalue weighted by atomic mass is 10.2. The fourth-order valence-electron chi connectivity index (χ4n) is 2.83. The minimum absolute atomic E-state index is 0.640. The second kappa shape index (κ2) is 7.95. The molecule has 0 spiro atoms. The molecular formula is C19H25N5OS. The molecule has 0 bridgehead atoms. The maximum Gasteiger partial charge on any atom is 0.205 e. The van der Waals surface area contributed by atoms with Crippen LogP contribution in [0.5, 0.6) is 0 Å². The first-order valence-electron chi connectivity index (χ1n) is 8.84. The SMILES string of the molecule is CCN(CC)c1ccc(-c2nnc(SCc3nc(C)c(C)o3)n2C)cc1. The number of aromatic nitrogens is 4. The van der Waals surface area contributed by atoms with Crippen molar-refractivity contribution in [3.8, 4) is 11.4 Å². The lowest BCUT2D eigenvalue weighted by molar-refractivity contribution is 0.489. The van der Waals surface area contributed by atoms with Gasteiger partial charge >= 0.3 is 0 Å². The Labute approximate surface area is 158 Å². The molecule has 6 nitrogen and oxygen atoms in total. The second-order valence-corrected chi connectivity index (χ2v) is 7.06. The van der Waals surface area contributed by atoms with Gasteiger partial charge in [0.05, 0.1) is 11.4 Å². The molecule has 0 fully saturated rings. The molecule has 3 rings (SSSR count). The van der Waals surface area contributed by atoms with Crippen molar-refractivity contribution in [3.05, 3.63) is 41.6 Å². The Bertz CT molecular complexity index is 845. The molecule has 2 aromatic heterocycles. The molecule has 0 saturated heterocycles. The van der Waals surface area contributed by atoms with E-state index in [9.17, 15) is 0 Å². The number of benzene rings is 1. The summed E-state index contributed by atoms with van der Waals surface area (Å²) in [6.07, 6.45) is 0. The van der Waals surface area contributed by atoms with Gasteiger partial charge < -0.3 is 13.9 Å². The summed E-state index contributed by atoms with van der Waals surface area (Å²) < 4.78 is 7.64. The van der Waals surface area contributed by atoms with E-state index < -0.39 is 0 Å². The maximum atomic E-state index is 5.63.